The van der Waals surface area contributed by atoms with E-state index in [1.165, 1.54) is 76.6 Å². The molecule has 1 spiro atoms. The maximum Gasteiger partial charge on any atom is 0.0725 e. The number of fused-ring (bicyclic) bond motifs is 10. The van der Waals surface area contributed by atoms with E-state index in [1.54, 1.807) is 23.5 Å². The first-order valence-electron chi connectivity index (χ1n) is 15.4. The zero-order valence-corrected chi connectivity index (χ0v) is 26.4. The summed E-state index contributed by atoms with van der Waals surface area (Å²) in [5.41, 5.74) is 14.9. The predicted molar refractivity (Wildman–Crippen MR) is 189 cm³/mol. The molecular formula is C41H32O2S2. The molecule has 0 aliphatic heterocycles. The van der Waals surface area contributed by atoms with Crippen LogP contribution in [0.25, 0.3) is 44.5 Å². The van der Waals surface area contributed by atoms with Gasteiger partial charge in [0.1, 0.15) is 0 Å². The van der Waals surface area contributed by atoms with Crippen molar-refractivity contribution in [3.63, 3.8) is 0 Å². The molecule has 2 aliphatic carbocycles. The molecule has 0 atom stereocenters. The molecule has 8 rings (SSSR count). The second-order valence-corrected chi connectivity index (χ2v) is 13.9. The van der Waals surface area contributed by atoms with Crippen LogP contribution in [0.2, 0.25) is 0 Å². The monoisotopic (exact) mass is 620 g/mol. The van der Waals surface area contributed by atoms with Gasteiger partial charge in [-0.2, -0.15) is 0 Å². The number of hydrogen-bond donors (Lipinski definition) is 2. The Bertz CT molecular complexity index is 1880. The van der Waals surface area contributed by atoms with Gasteiger partial charge in [-0.3, -0.25) is 0 Å². The molecule has 4 heteroatoms. The van der Waals surface area contributed by atoms with E-state index in [4.69, 9.17) is 0 Å². The Morgan fingerprint density at radius 3 is 1.20 bits per heavy atom. The summed E-state index contributed by atoms with van der Waals surface area (Å²) < 4.78 is 0. The summed E-state index contributed by atoms with van der Waals surface area (Å²) in [6.45, 7) is 0.360. The van der Waals surface area contributed by atoms with Crippen molar-refractivity contribution in [1.82, 2.24) is 0 Å². The van der Waals surface area contributed by atoms with Crippen LogP contribution in [0.4, 0.5) is 0 Å². The third-order valence-corrected chi connectivity index (χ3v) is 11.2. The molecule has 2 aliphatic rings. The van der Waals surface area contributed by atoms with E-state index in [0.717, 1.165) is 0 Å². The first-order valence-corrected chi connectivity index (χ1v) is 17.4. The van der Waals surface area contributed by atoms with Crippen molar-refractivity contribution in [2.45, 2.75) is 15.2 Å². The van der Waals surface area contributed by atoms with Crippen molar-refractivity contribution in [2.75, 3.05) is 24.7 Å². The number of aliphatic hydroxyl groups excluding tert-OH is 2. The first-order chi connectivity index (χ1) is 22.2. The zero-order valence-electron chi connectivity index (χ0n) is 24.7. The summed E-state index contributed by atoms with van der Waals surface area (Å²) in [6.07, 6.45) is 0. The van der Waals surface area contributed by atoms with Gasteiger partial charge >= 0.3 is 0 Å². The smallest absolute Gasteiger partial charge is 0.0725 e. The van der Waals surface area contributed by atoms with Gasteiger partial charge in [0.05, 0.1) is 18.6 Å². The van der Waals surface area contributed by atoms with Gasteiger partial charge in [-0.1, -0.05) is 97.1 Å². The Morgan fingerprint density at radius 2 is 0.778 bits per heavy atom. The fourth-order valence-corrected chi connectivity index (χ4v) is 8.62. The van der Waals surface area contributed by atoms with Gasteiger partial charge < -0.3 is 10.2 Å². The lowest BCUT2D eigenvalue weighted by atomic mass is 9.70. The molecule has 2 nitrogen and oxygen atoms in total. The Balaban J connectivity index is 1.32. The van der Waals surface area contributed by atoms with Gasteiger partial charge in [-0.25, -0.2) is 0 Å². The van der Waals surface area contributed by atoms with Gasteiger partial charge in [0.15, 0.2) is 0 Å². The summed E-state index contributed by atoms with van der Waals surface area (Å²) >= 11 is 3.36. The lowest BCUT2D eigenvalue weighted by Crippen LogP contribution is -2.26. The van der Waals surface area contributed by atoms with Gasteiger partial charge in [-0.05, 0) is 103 Å². The van der Waals surface area contributed by atoms with Gasteiger partial charge in [-0.15, -0.1) is 23.5 Å². The predicted octanol–water partition coefficient (Wildman–Crippen LogP) is 9.53. The molecule has 0 fully saturated rings. The van der Waals surface area contributed by atoms with E-state index in [9.17, 15) is 10.2 Å². The highest BCUT2D eigenvalue weighted by molar-refractivity contribution is 7.99. The molecular weight excluding hydrogens is 589 g/mol. The average Bonchev–Trinajstić information content (AvgIpc) is 3.57. The largest absolute Gasteiger partial charge is 0.396 e. The highest BCUT2D eigenvalue weighted by Gasteiger charge is 2.51. The van der Waals surface area contributed by atoms with E-state index in [2.05, 4.69) is 133 Å². The second-order valence-electron chi connectivity index (χ2n) is 11.6. The van der Waals surface area contributed by atoms with E-state index in [-0.39, 0.29) is 13.2 Å². The van der Waals surface area contributed by atoms with Gasteiger partial charge in [0.2, 0.25) is 0 Å². The molecule has 220 valence electrons. The van der Waals surface area contributed by atoms with Crippen LogP contribution >= 0.6 is 23.5 Å². The summed E-state index contributed by atoms with van der Waals surface area (Å²) in [6, 6.07) is 49.4. The molecule has 0 unspecified atom stereocenters. The van der Waals surface area contributed by atoms with E-state index >= 15 is 0 Å². The lowest BCUT2D eigenvalue weighted by Gasteiger charge is -2.31. The maximum atomic E-state index is 9.26. The number of thioether (sulfide) groups is 2. The minimum absolute atomic E-state index is 0.180. The van der Waals surface area contributed by atoms with Crippen LogP contribution in [0.1, 0.15) is 22.3 Å². The highest BCUT2D eigenvalue weighted by Crippen LogP contribution is 2.63. The van der Waals surface area contributed by atoms with Crippen LogP contribution in [0.5, 0.6) is 0 Å². The molecule has 0 saturated carbocycles. The number of hydrogen-bond acceptors (Lipinski definition) is 4. The molecule has 0 amide bonds. The van der Waals surface area contributed by atoms with Crippen molar-refractivity contribution in [2.24, 2.45) is 0 Å². The SMILES string of the molecule is OCCSc1ccc(-c2ccc3c(c2)C2(c4ccccc4-3)c3ccccc3-c3ccc(-c4ccc(SCCO)cc4)cc32)cc1. The Morgan fingerprint density at radius 1 is 0.400 bits per heavy atom. The van der Waals surface area contributed by atoms with Crippen molar-refractivity contribution >= 4 is 23.5 Å². The first kappa shape index (κ1) is 28.4. The highest BCUT2D eigenvalue weighted by atomic mass is 32.2. The standard InChI is InChI=1S/C41H32O2S2/c42-21-23-44-31-15-9-27(10-16-31)29-13-19-35-33-5-1-3-7-37(33)41(39(35)25-29)38-8-4-2-6-34(38)36-20-14-30(26-40(36)41)28-11-17-32(18-12-28)45-24-22-43/h1-20,25-26,42-43H,21-24H2. The Kier molecular flexibility index (Phi) is 7.39. The molecule has 6 aromatic rings. The summed E-state index contributed by atoms with van der Waals surface area (Å²) in [5, 5.41) is 18.5. The third-order valence-electron chi connectivity index (χ3n) is 9.18. The molecule has 45 heavy (non-hydrogen) atoms. The average molecular weight is 621 g/mol. The van der Waals surface area contributed by atoms with Crippen molar-refractivity contribution in [3.05, 3.63) is 156 Å². The van der Waals surface area contributed by atoms with Crippen LogP contribution in [0.15, 0.2) is 143 Å². The van der Waals surface area contributed by atoms with Gasteiger partial charge in [0, 0.05) is 21.3 Å². The number of benzene rings is 6. The van der Waals surface area contributed by atoms with E-state index < -0.39 is 5.41 Å². The lowest BCUT2D eigenvalue weighted by molar-refractivity contribution is 0.322. The Hall–Kier alpha value is -4.06. The second kappa shape index (κ2) is 11.7. The molecule has 0 saturated heterocycles. The van der Waals surface area contributed by atoms with E-state index in [0.29, 0.717) is 11.5 Å². The fourth-order valence-electron chi connectivity index (χ4n) is 7.31. The van der Waals surface area contributed by atoms with Crippen molar-refractivity contribution in [1.29, 1.82) is 0 Å². The summed E-state index contributed by atoms with van der Waals surface area (Å²) in [7, 11) is 0. The minimum Gasteiger partial charge on any atom is -0.396 e. The van der Waals surface area contributed by atoms with Crippen molar-refractivity contribution < 1.29 is 10.2 Å². The van der Waals surface area contributed by atoms with Crippen LogP contribution < -0.4 is 0 Å². The molecule has 0 radical (unpaired) electrons. The van der Waals surface area contributed by atoms with Gasteiger partial charge in [0.25, 0.3) is 0 Å². The quantitative estimate of drug-likeness (QED) is 0.166. The van der Waals surface area contributed by atoms with E-state index in [1.807, 2.05) is 0 Å². The van der Waals surface area contributed by atoms with Crippen LogP contribution in [-0.2, 0) is 5.41 Å². The Labute approximate surface area is 272 Å². The summed E-state index contributed by atoms with van der Waals surface area (Å²) in [5.74, 6) is 1.40. The summed E-state index contributed by atoms with van der Waals surface area (Å²) in [4.78, 5) is 2.34. The number of aliphatic hydroxyl groups is 2. The van der Waals surface area contributed by atoms with Crippen molar-refractivity contribution in [3.8, 4) is 44.5 Å². The van der Waals surface area contributed by atoms with Crippen LogP contribution in [0.3, 0.4) is 0 Å². The number of rotatable bonds is 8. The normalized spacial score (nSPS) is 13.4. The molecule has 6 aromatic carbocycles. The molecule has 0 heterocycles. The molecule has 0 aromatic heterocycles. The van der Waals surface area contributed by atoms with Crippen LogP contribution in [-0.4, -0.2) is 34.9 Å². The fraction of sp³-hybridized carbons (Fsp3) is 0.122. The zero-order chi connectivity index (χ0) is 30.4. The maximum absolute atomic E-state index is 9.26. The molecule has 0 bridgehead atoms. The third kappa shape index (κ3) is 4.59. The topological polar surface area (TPSA) is 40.5 Å². The molecule has 2 N–H and O–H groups in total. The minimum atomic E-state index is -0.419. The van der Waals surface area contributed by atoms with Crippen LogP contribution in [0, 0.1) is 0 Å².